The van der Waals surface area contributed by atoms with Gasteiger partial charge in [-0.05, 0) is 23.7 Å². The van der Waals surface area contributed by atoms with Crippen LogP contribution in [-0.2, 0) is 10.8 Å². The molecule has 1 fully saturated rings. The predicted molar refractivity (Wildman–Crippen MR) is 63.6 cm³/mol. The normalized spacial score (nSPS) is 22.8. The van der Waals surface area contributed by atoms with Crippen molar-refractivity contribution in [1.29, 1.82) is 0 Å². The van der Waals surface area contributed by atoms with Gasteiger partial charge in [-0.1, -0.05) is 46.1 Å². The van der Waals surface area contributed by atoms with Gasteiger partial charge in [-0.3, -0.25) is 4.21 Å². The quantitative estimate of drug-likeness (QED) is 0.686. The van der Waals surface area contributed by atoms with Crippen LogP contribution in [0.25, 0.3) is 0 Å². The summed E-state index contributed by atoms with van der Waals surface area (Å²) in [5, 5.41) is 2.35. The van der Waals surface area contributed by atoms with E-state index in [1.165, 1.54) is 19.3 Å². The minimum atomic E-state index is -0.733. The maximum atomic E-state index is 11.9. The van der Waals surface area contributed by atoms with Crippen LogP contribution in [0.5, 0.6) is 0 Å². The molecule has 0 aromatic carbocycles. The average molecular weight is 214 g/mol. The molecule has 2 heteroatoms. The monoisotopic (exact) mass is 214 g/mol. The van der Waals surface area contributed by atoms with Crippen molar-refractivity contribution in [3.63, 3.8) is 0 Å². The van der Waals surface area contributed by atoms with E-state index in [4.69, 9.17) is 0 Å². The van der Waals surface area contributed by atoms with Crippen LogP contribution in [0.1, 0.15) is 52.9 Å². The Kier molecular flexibility index (Phi) is 4.36. The zero-order valence-electron chi connectivity index (χ0n) is 9.58. The Morgan fingerprint density at radius 3 is 2.21 bits per heavy atom. The molecular formula is C12H22OS. The summed E-state index contributed by atoms with van der Waals surface area (Å²) in [5.74, 6) is 0. The maximum Gasteiger partial charge on any atom is 0.0484 e. The zero-order valence-corrected chi connectivity index (χ0v) is 10.4. The topological polar surface area (TPSA) is 17.1 Å². The third kappa shape index (κ3) is 4.41. The third-order valence-corrected chi connectivity index (χ3v) is 4.12. The molecule has 0 aliphatic heterocycles. The van der Waals surface area contributed by atoms with Crippen molar-refractivity contribution in [3.05, 3.63) is 11.5 Å². The highest BCUT2D eigenvalue weighted by molar-refractivity contribution is 7.88. The summed E-state index contributed by atoms with van der Waals surface area (Å²) < 4.78 is 11.9. The third-order valence-electron chi connectivity index (χ3n) is 2.58. The second-order valence-corrected chi connectivity index (χ2v) is 6.85. The van der Waals surface area contributed by atoms with Crippen LogP contribution in [-0.4, -0.2) is 9.46 Å². The molecule has 1 aliphatic rings. The summed E-state index contributed by atoms with van der Waals surface area (Å²) in [6, 6.07) is 0. The molecule has 14 heavy (non-hydrogen) atoms. The van der Waals surface area contributed by atoms with Crippen molar-refractivity contribution in [2.45, 2.75) is 58.1 Å². The first-order valence-corrected chi connectivity index (χ1v) is 6.85. The Morgan fingerprint density at radius 1 is 1.14 bits per heavy atom. The van der Waals surface area contributed by atoms with Crippen molar-refractivity contribution < 1.29 is 4.21 Å². The van der Waals surface area contributed by atoms with E-state index < -0.39 is 10.8 Å². The van der Waals surface area contributed by atoms with E-state index in [1.807, 2.05) is 5.41 Å². The summed E-state index contributed by atoms with van der Waals surface area (Å²) in [7, 11) is -0.733. The maximum absolute atomic E-state index is 11.9. The zero-order chi connectivity index (χ0) is 10.6. The van der Waals surface area contributed by atoms with Gasteiger partial charge >= 0.3 is 0 Å². The lowest BCUT2D eigenvalue weighted by atomic mass is 9.98. The Balaban J connectivity index is 2.44. The van der Waals surface area contributed by atoms with Crippen LogP contribution in [0.2, 0.25) is 0 Å². The Bertz CT molecular complexity index is 219. The molecule has 1 atom stereocenters. The highest BCUT2D eigenvalue weighted by Gasteiger charge is 2.18. The minimum absolute atomic E-state index is 0.157. The van der Waals surface area contributed by atoms with Gasteiger partial charge in [0.1, 0.15) is 0 Å². The van der Waals surface area contributed by atoms with Crippen LogP contribution in [0.3, 0.4) is 0 Å². The van der Waals surface area contributed by atoms with Gasteiger partial charge in [-0.15, -0.1) is 0 Å². The summed E-state index contributed by atoms with van der Waals surface area (Å²) in [6.07, 6.45) is 8.25. The average Bonchev–Trinajstić information content (AvgIpc) is 2.14. The molecule has 0 spiro atoms. The molecule has 0 aromatic rings. The Morgan fingerprint density at radius 2 is 1.71 bits per heavy atom. The Hall–Kier alpha value is -0.110. The summed E-state index contributed by atoms with van der Waals surface area (Å²) in [6.45, 7) is 6.42. The van der Waals surface area contributed by atoms with Crippen molar-refractivity contribution in [1.82, 2.24) is 0 Å². The van der Waals surface area contributed by atoms with Gasteiger partial charge < -0.3 is 0 Å². The molecule has 82 valence electrons. The molecule has 1 nitrogen and oxygen atoms in total. The lowest BCUT2D eigenvalue weighted by Gasteiger charge is -2.20. The van der Waals surface area contributed by atoms with Crippen LogP contribution in [0, 0.1) is 5.41 Å². The standard InChI is InChI=1S/C12H22OS/c1-12(2,3)9-10-14(13)11-7-5-4-6-8-11/h9-11H,4-8H2,1-3H3/b10-9+/t14-/m0/s1. The number of hydrogen-bond donors (Lipinski definition) is 0. The van der Waals surface area contributed by atoms with Gasteiger partial charge in [0.15, 0.2) is 0 Å². The van der Waals surface area contributed by atoms with Gasteiger partial charge in [0.2, 0.25) is 0 Å². The van der Waals surface area contributed by atoms with E-state index in [9.17, 15) is 4.21 Å². The van der Waals surface area contributed by atoms with Crippen LogP contribution in [0.15, 0.2) is 11.5 Å². The van der Waals surface area contributed by atoms with E-state index in [-0.39, 0.29) is 5.41 Å². The molecule has 1 saturated carbocycles. The van der Waals surface area contributed by atoms with E-state index in [0.29, 0.717) is 5.25 Å². The van der Waals surface area contributed by atoms with Crippen molar-refractivity contribution in [2.75, 3.05) is 0 Å². The molecular weight excluding hydrogens is 192 g/mol. The molecule has 0 bridgehead atoms. The predicted octanol–water partition coefficient (Wildman–Crippen LogP) is 3.63. The summed E-state index contributed by atoms with van der Waals surface area (Å²) in [5.41, 5.74) is 0.157. The smallest absolute Gasteiger partial charge is 0.0484 e. The van der Waals surface area contributed by atoms with Crippen LogP contribution < -0.4 is 0 Å². The fraction of sp³-hybridized carbons (Fsp3) is 0.833. The van der Waals surface area contributed by atoms with Gasteiger partial charge in [0.25, 0.3) is 0 Å². The molecule has 1 rings (SSSR count). The van der Waals surface area contributed by atoms with Gasteiger partial charge in [-0.2, -0.15) is 0 Å². The van der Waals surface area contributed by atoms with Gasteiger partial charge in [0.05, 0.1) is 0 Å². The van der Waals surface area contributed by atoms with E-state index in [1.54, 1.807) is 0 Å². The van der Waals surface area contributed by atoms with Crippen molar-refractivity contribution in [3.8, 4) is 0 Å². The SMILES string of the molecule is CC(C)(C)/C=C/[S@](=O)C1CCCCC1. The largest absolute Gasteiger partial charge is 0.255 e. The second kappa shape index (κ2) is 5.11. The summed E-state index contributed by atoms with van der Waals surface area (Å²) >= 11 is 0. The van der Waals surface area contributed by atoms with Crippen molar-refractivity contribution in [2.24, 2.45) is 5.41 Å². The van der Waals surface area contributed by atoms with E-state index >= 15 is 0 Å². The highest BCUT2D eigenvalue weighted by Crippen LogP contribution is 2.23. The first kappa shape index (κ1) is 12.0. The molecule has 0 unspecified atom stereocenters. The van der Waals surface area contributed by atoms with Crippen molar-refractivity contribution >= 4 is 10.8 Å². The van der Waals surface area contributed by atoms with Crippen LogP contribution >= 0.6 is 0 Å². The minimum Gasteiger partial charge on any atom is -0.255 e. The fourth-order valence-electron chi connectivity index (χ4n) is 1.68. The van der Waals surface area contributed by atoms with Gasteiger partial charge in [-0.25, -0.2) is 0 Å². The fourth-order valence-corrected chi connectivity index (χ4v) is 3.24. The molecule has 0 saturated heterocycles. The molecule has 0 aromatic heterocycles. The molecule has 0 N–H and O–H groups in total. The molecule has 0 radical (unpaired) electrons. The summed E-state index contributed by atoms with van der Waals surface area (Å²) in [4.78, 5) is 0. The number of allylic oxidation sites excluding steroid dienone is 1. The Labute approximate surface area is 90.4 Å². The molecule has 1 aliphatic carbocycles. The molecule has 0 amide bonds. The first-order valence-electron chi connectivity index (χ1n) is 5.58. The second-order valence-electron chi connectivity index (χ2n) is 5.26. The van der Waals surface area contributed by atoms with E-state index in [2.05, 4.69) is 26.8 Å². The number of rotatable bonds is 2. The van der Waals surface area contributed by atoms with E-state index in [0.717, 1.165) is 12.8 Å². The lowest BCUT2D eigenvalue weighted by Crippen LogP contribution is -2.17. The molecule has 0 heterocycles. The van der Waals surface area contributed by atoms with Crippen LogP contribution in [0.4, 0.5) is 0 Å². The lowest BCUT2D eigenvalue weighted by molar-refractivity contribution is 0.506. The number of hydrogen-bond acceptors (Lipinski definition) is 1. The highest BCUT2D eigenvalue weighted by atomic mass is 32.2. The van der Waals surface area contributed by atoms with Gasteiger partial charge in [0, 0.05) is 16.0 Å². The first-order chi connectivity index (χ1) is 6.49.